The highest BCUT2D eigenvalue weighted by atomic mass is 35.5. The molecule has 1 N–H and O–H groups in total. The summed E-state index contributed by atoms with van der Waals surface area (Å²) in [6, 6.07) is 5.73. The highest BCUT2D eigenvalue weighted by Gasteiger charge is 2.08. The van der Waals surface area contributed by atoms with Gasteiger partial charge >= 0.3 is 0 Å². The molecule has 0 saturated heterocycles. The zero-order chi connectivity index (χ0) is 13.8. The molecule has 5 heteroatoms. The molecule has 1 heterocycles. The Balaban J connectivity index is 2.12. The SMILES string of the molecule is CCNCc1sc(Cc2ccc(Cl)c(Cl)c2)nc1C. The largest absolute Gasteiger partial charge is 0.312 e. The molecule has 0 saturated carbocycles. The minimum Gasteiger partial charge on any atom is -0.312 e. The van der Waals surface area contributed by atoms with Crippen LogP contribution in [-0.2, 0) is 13.0 Å². The number of hydrogen-bond donors (Lipinski definition) is 1. The van der Waals surface area contributed by atoms with E-state index in [1.54, 1.807) is 11.3 Å². The highest BCUT2D eigenvalue weighted by molar-refractivity contribution is 7.11. The molecular formula is C14H16Cl2N2S. The van der Waals surface area contributed by atoms with E-state index in [9.17, 15) is 0 Å². The van der Waals surface area contributed by atoms with Gasteiger partial charge in [-0.2, -0.15) is 0 Å². The van der Waals surface area contributed by atoms with Crippen molar-refractivity contribution < 1.29 is 0 Å². The monoisotopic (exact) mass is 314 g/mol. The first kappa shape index (κ1) is 14.8. The van der Waals surface area contributed by atoms with E-state index < -0.39 is 0 Å². The van der Waals surface area contributed by atoms with Gasteiger partial charge in [0.15, 0.2) is 0 Å². The van der Waals surface area contributed by atoms with Crippen LogP contribution < -0.4 is 5.32 Å². The lowest BCUT2D eigenvalue weighted by Crippen LogP contribution is -2.11. The van der Waals surface area contributed by atoms with Gasteiger partial charge in [-0.25, -0.2) is 4.98 Å². The average molecular weight is 315 g/mol. The molecule has 1 aromatic heterocycles. The first-order valence-corrected chi connectivity index (χ1v) is 7.77. The Morgan fingerprint density at radius 1 is 1.26 bits per heavy atom. The van der Waals surface area contributed by atoms with Crippen LogP contribution in [0.5, 0.6) is 0 Å². The van der Waals surface area contributed by atoms with E-state index in [1.165, 1.54) is 4.88 Å². The topological polar surface area (TPSA) is 24.9 Å². The van der Waals surface area contributed by atoms with Crippen molar-refractivity contribution in [1.82, 2.24) is 10.3 Å². The summed E-state index contributed by atoms with van der Waals surface area (Å²) in [5, 5.41) is 5.63. The first-order chi connectivity index (χ1) is 9.10. The van der Waals surface area contributed by atoms with Gasteiger partial charge in [0.05, 0.1) is 20.7 Å². The van der Waals surface area contributed by atoms with E-state index in [4.69, 9.17) is 23.2 Å². The molecule has 2 aromatic rings. The van der Waals surface area contributed by atoms with Gasteiger partial charge in [-0.15, -0.1) is 11.3 Å². The summed E-state index contributed by atoms with van der Waals surface area (Å²) < 4.78 is 0. The molecule has 2 rings (SSSR count). The fourth-order valence-electron chi connectivity index (χ4n) is 1.79. The van der Waals surface area contributed by atoms with Crippen LogP contribution in [0.1, 0.15) is 28.1 Å². The van der Waals surface area contributed by atoms with Gasteiger partial charge in [0, 0.05) is 17.8 Å². The molecule has 0 aliphatic carbocycles. The summed E-state index contributed by atoms with van der Waals surface area (Å²) in [5.74, 6) is 0. The number of nitrogens with one attached hydrogen (secondary N) is 1. The van der Waals surface area contributed by atoms with Crippen LogP contribution in [0.25, 0.3) is 0 Å². The number of halogens is 2. The number of nitrogens with zero attached hydrogens (tertiary/aromatic N) is 1. The van der Waals surface area contributed by atoms with E-state index in [1.807, 2.05) is 18.2 Å². The molecular weight excluding hydrogens is 299 g/mol. The van der Waals surface area contributed by atoms with Crippen LogP contribution in [-0.4, -0.2) is 11.5 Å². The van der Waals surface area contributed by atoms with Crippen LogP contribution in [0, 0.1) is 6.92 Å². The Morgan fingerprint density at radius 2 is 2.05 bits per heavy atom. The predicted octanol–water partition coefficient (Wildman–Crippen LogP) is 4.46. The molecule has 0 aliphatic rings. The van der Waals surface area contributed by atoms with Gasteiger partial charge in [-0.1, -0.05) is 36.2 Å². The number of rotatable bonds is 5. The second-order valence-corrected chi connectivity index (χ2v) is 6.30. The smallest absolute Gasteiger partial charge is 0.0975 e. The molecule has 0 fully saturated rings. The van der Waals surface area contributed by atoms with E-state index in [0.717, 1.165) is 35.8 Å². The molecule has 0 atom stereocenters. The molecule has 0 bridgehead atoms. The molecule has 102 valence electrons. The number of aryl methyl sites for hydroxylation is 1. The lowest BCUT2D eigenvalue weighted by molar-refractivity contribution is 0.731. The quantitative estimate of drug-likeness (QED) is 0.881. The van der Waals surface area contributed by atoms with Crippen molar-refractivity contribution in [2.45, 2.75) is 26.8 Å². The minimum atomic E-state index is 0.591. The Labute approximate surface area is 127 Å². The standard InChI is InChI=1S/C14H16Cl2N2S/c1-3-17-8-13-9(2)18-14(19-13)7-10-4-5-11(15)12(16)6-10/h4-6,17H,3,7-8H2,1-2H3. The maximum absolute atomic E-state index is 6.03. The second kappa shape index (κ2) is 6.71. The Hall–Kier alpha value is -0.610. The van der Waals surface area contributed by atoms with Gasteiger partial charge in [0.25, 0.3) is 0 Å². The van der Waals surface area contributed by atoms with E-state index >= 15 is 0 Å². The maximum Gasteiger partial charge on any atom is 0.0975 e. The summed E-state index contributed by atoms with van der Waals surface area (Å²) in [6.07, 6.45) is 0.800. The van der Waals surface area contributed by atoms with Crippen LogP contribution in [0.2, 0.25) is 10.0 Å². The van der Waals surface area contributed by atoms with Gasteiger partial charge in [-0.3, -0.25) is 0 Å². The summed E-state index contributed by atoms with van der Waals surface area (Å²) in [7, 11) is 0. The second-order valence-electron chi connectivity index (χ2n) is 4.32. The molecule has 1 aromatic carbocycles. The van der Waals surface area contributed by atoms with E-state index in [0.29, 0.717) is 10.0 Å². The van der Waals surface area contributed by atoms with Crippen LogP contribution in [0.3, 0.4) is 0 Å². The Bertz CT molecular complexity index is 567. The first-order valence-electron chi connectivity index (χ1n) is 6.20. The van der Waals surface area contributed by atoms with Crippen molar-refractivity contribution in [2.75, 3.05) is 6.54 Å². The molecule has 0 aliphatic heterocycles. The number of benzene rings is 1. The zero-order valence-corrected chi connectivity index (χ0v) is 13.3. The van der Waals surface area contributed by atoms with Crippen LogP contribution >= 0.6 is 34.5 Å². The van der Waals surface area contributed by atoms with Gasteiger partial charge < -0.3 is 5.32 Å². The lowest BCUT2D eigenvalue weighted by atomic mass is 10.2. The molecule has 0 unspecified atom stereocenters. The van der Waals surface area contributed by atoms with Crippen molar-refractivity contribution in [3.05, 3.63) is 49.4 Å². The summed E-state index contributed by atoms with van der Waals surface area (Å²) >= 11 is 13.7. The van der Waals surface area contributed by atoms with E-state index in [-0.39, 0.29) is 0 Å². The van der Waals surface area contributed by atoms with Gasteiger partial charge in [0.2, 0.25) is 0 Å². The Morgan fingerprint density at radius 3 is 2.74 bits per heavy atom. The number of thiazole rings is 1. The predicted molar refractivity (Wildman–Crippen MR) is 83.5 cm³/mol. The molecule has 0 amide bonds. The van der Waals surface area contributed by atoms with Crippen molar-refractivity contribution in [1.29, 1.82) is 0 Å². The summed E-state index contributed by atoms with van der Waals surface area (Å²) in [5.41, 5.74) is 2.25. The van der Waals surface area contributed by atoms with Crippen molar-refractivity contribution >= 4 is 34.5 Å². The normalized spacial score (nSPS) is 10.9. The molecule has 0 spiro atoms. The fraction of sp³-hybridized carbons (Fsp3) is 0.357. The van der Waals surface area contributed by atoms with E-state index in [2.05, 4.69) is 24.1 Å². The maximum atomic E-state index is 6.03. The summed E-state index contributed by atoms with van der Waals surface area (Å²) in [6.45, 7) is 6.02. The van der Waals surface area contributed by atoms with Crippen molar-refractivity contribution in [2.24, 2.45) is 0 Å². The number of hydrogen-bond acceptors (Lipinski definition) is 3. The zero-order valence-electron chi connectivity index (χ0n) is 11.0. The fourth-order valence-corrected chi connectivity index (χ4v) is 3.18. The van der Waals surface area contributed by atoms with Gasteiger partial charge in [0.1, 0.15) is 0 Å². The van der Waals surface area contributed by atoms with Crippen LogP contribution in [0.4, 0.5) is 0 Å². The Kier molecular flexibility index (Phi) is 5.22. The summed E-state index contributed by atoms with van der Waals surface area (Å²) in [4.78, 5) is 5.92. The number of aromatic nitrogens is 1. The van der Waals surface area contributed by atoms with Crippen molar-refractivity contribution in [3.63, 3.8) is 0 Å². The minimum absolute atomic E-state index is 0.591. The van der Waals surface area contributed by atoms with Crippen LogP contribution in [0.15, 0.2) is 18.2 Å². The average Bonchev–Trinajstić information content (AvgIpc) is 2.72. The molecule has 2 nitrogen and oxygen atoms in total. The third kappa shape index (κ3) is 3.93. The lowest BCUT2D eigenvalue weighted by Gasteiger charge is -2.00. The third-order valence-corrected chi connectivity index (χ3v) is 4.71. The van der Waals surface area contributed by atoms with Crippen molar-refractivity contribution in [3.8, 4) is 0 Å². The van der Waals surface area contributed by atoms with Gasteiger partial charge in [-0.05, 0) is 31.2 Å². The third-order valence-electron chi connectivity index (χ3n) is 2.81. The highest BCUT2D eigenvalue weighted by Crippen LogP contribution is 2.25. The molecule has 0 radical (unpaired) electrons. The molecule has 19 heavy (non-hydrogen) atoms.